The normalized spacial score (nSPS) is 11.0. The van der Waals surface area contributed by atoms with Crippen LogP contribution in [0, 0.1) is 0 Å². The van der Waals surface area contributed by atoms with Gasteiger partial charge in [-0.3, -0.25) is 0 Å². The lowest BCUT2D eigenvalue weighted by molar-refractivity contribution is 0.474. The van der Waals surface area contributed by atoms with Crippen molar-refractivity contribution >= 4 is 27.0 Å². The number of hydrogen-bond donors (Lipinski definition) is 4. The van der Waals surface area contributed by atoms with Crippen LogP contribution in [0.1, 0.15) is 99.9 Å². The van der Waals surface area contributed by atoms with E-state index >= 15 is 0 Å². The Morgan fingerprint density at radius 3 is 0.455 bits per heavy atom. The zero-order chi connectivity index (χ0) is 46.4. The van der Waals surface area contributed by atoms with Crippen LogP contribution in [-0.4, -0.2) is 20.4 Å². The quantitative estimate of drug-likeness (QED) is 0.122. The van der Waals surface area contributed by atoms with Gasteiger partial charge in [-0.15, -0.1) is 0 Å². The highest BCUT2D eigenvalue weighted by molar-refractivity contribution is 7.59. The van der Waals surface area contributed by atoms with Crippen molar-refractivity contribution in [1.29, 1.82) is 0 Å². The Kier molecular flexibility index (Phi) is 19.8. The average Bonchev–Trinajstić information content (AvgIpc) is 3.31. The molecule has 0 spiro atoms. The summed E-state index contributed by atoms with van der Waals surface area (Å²) in [5.74, 6) is 1.25. The lowest BCUT2D eigenvalue weighted by Gasteiger charge is -2.26. The van der Waals surface area contributed by atoms with Crippen molar-refractivity contribution in [1.82, 2.24) is 0 Å². The number of phenolic OH excluding ortho intramolecular Hbond substituents is 4. The Morgan fingerprint density at radius 1 is 0.197 bits per heavy atom. The third-order valence-electron chi connectivity index (χ3n) is 12.3. The molecule has 0 radical (unpaired) electrons. The van der Waals surface area contributed by atoms with Crippen molar-refractivity contribution in [3.63, 3.8) is 0 Å². The molecule has 0 fully saturated rings. The zero-order valence-electron chi connectivity index (χ0n) is 39.6. The van der Waals surface area contributed by atoms with Gasteiger partial charge in [0.1, 0.15) is 23.0 Å². The molecule has 0 aliphatic rings. The second kappa shape index (κ2) is 24.3. The van der Waals surface area contributed by atoms with Crippen LogP contribution < -0.4 is 0 Å². The Balaban J connectivity index is 0.000000231. The number of phenols is 4. The molecule has 8 rings (SSSR count). The average molecular weight is 917 g/mol. The van der Waals surface area contributed by atoms with E-state index in [2.05, 4.69) is 152 Å². The minimum atomic E-state index is -0.0328. The van der Waals surface area contributed by atoms with Crippen molar-refractivity contribution in [2.45, 2.75) is 77.0 Å². The molecule has 6 heteroatoms. The van der Waals surface area contributed by atoms with E-state index in [-0.39, 0.29) is 48.7 Å². The van der Waals surface area contributed by atoms with Gasteiger partial charge in [-0.25, -0.2) is 0 Å². The molecule has 66 heavy (non-hydrogen) atoms. The number of hydrogen-bond acceptors (Lipinski definition) is 4. The maximum Gasteiger partial charge on any atom is 0.115 e. The molecule has 344 valence electrons. The standard InChI is InChI=1S/4C15H16O.2H2S/c4*1-15(2,12-6-4-3-5-7-12)13-8-10-14(16)11-9-13;;/h4*3-11,16H,1-2H3;2*1H2. The van der Waals surface area contributed by atoms with Crippen LogP contribution in [-0.2, 0) is 21.7 Å². The monoisotopic (exact) mass is 916 g/mol. The summed E-state index contributed by atoms with van der Waals surface area (Å²) in [6.07, 6.45) is 0. The van der Waals surface area contributed by atoms with Crippen molar-refractivity contribution in [3.8, 4) is 23.0 Å². The van der Waals surface area contributed by atoms with Crippen LogP contribution in [0.4, 0.5) is 0 Å². The maximum atomic E-state index is 9.29. The largest absolute Gasteiger partial charge is 0.508 e. The topological polar surface area (TPSA) is 80.9 Å². The summed E-state index contributed by atoms with van der Waals surface area (Å²) < 4.78 is 0. The third-order valence-corrected chi connectivity index (χ3v) is 12.3. The van der Waals surface area contributed by atoms with E-state index in [1.807, 2.05) is 72.8 Å². The van der Waals surface area contributed by atoms with Crippen molar-refractivity contribution < 1.29 is 20.4 Å². The van der Waals surface area contributed by atoms with Gasteiger partial charge in [0.25, 0.3) is 0 Å². The van der Waals surface area contributed by atoms with Crippen molar-refractivity contribution in [2.24, 2.45) is 0 Å². The van der Waals surface area contributed by atoms with Crippen LogP contribution in [0.25, 0.3) is 0 Å². The summed E-state index contributed by atoms with van der Waals surface area (Å²) in [5, 5.41) is 37.2. The van der Waals surface area contributed by atoms with Gasteiger partial charge in [-0.1, -0.05) is 225 Å². The van der Waals surface area contributed by atoms with Crippen molar-refractivity contribution in [3.05, 3.63) is 263 Å². The fourth-order valence-electron chi connectivity index (χ4n) is 7.60. The third kappa shape index (κ3) is 14.3. The highest BCUT2D eigenvalue weighted by Crippen LogP contribution is 2.35. The van der Waals surface area contributed by atoms with Gasteiger partial charge in [0.15, 0.2) is 0 Å². The van der Waals surface area contributed by atoms with E-state index in [4.69, 9.17) is 0 Å². The Hall–Kier alpha value is -6.34. The van der Waals surface area contributed by atoms with E-state index in [1.165, 1.54) is 44.5 Å². The van der Waals surface area contributed by atoms with E-state index in [1.54, 1.807) is 48.5 Å². The van der Waals surface area contributed by atoms with Crippen LogP contribution in [0.3, 0.4) is 0 Å². The predicted molar refractivity (Wildman–Crippen MR) is 287 cm³/mol. The molecular weight excluding hydrogens is 849 g/mol. The lowest BCUT2D eigenvalue weighted by atomic mass is 9.78. The fraction of sp³-hybridized carbons (Fsp3) is 0.200. The first-order chi connectivity index (χ1) is 30.4. The zero-order valence-corrected chi connectivity index (χ0v) is 41.6. The Labute approximate surface area is 408 Å². The van der Waals surface area contributed by atoms with Gasteiger partial charge in [0.2, 0.25) is 0 Å². The molecule has 0 atom stereocenters. The first-order valence-corrected chi connectivity index (χ1v) is 21.8. The van der Waals surface area contributed by atoms with Crippen LogP contribution in [0.5, 0.6) is 23.0 Å². The molecule has 0 unspecified atom stereocenters. The molecular formula is C60H68O4S2. The molecule has 0 heterocycles. The number of benzene rings is 8. The summed E-state index contributed by atoms with van der Waals surface area (Å²) in [5.41, 5.74) is 9.80. The molecule has 0 aromatic heterocycles. The molecule has 0 aliphatic carbocycles. The molecule has 0 aliphatic heterocycles. The summed E-state index contributed by atoms with van der Waals surface area (Å²) in [7, 11) is 0. The molecule has 0 saturated carbocycles. The van der Waals surface area contributed by atoms with Gasteiger partial charge >= 0.3 is 0 Å². The number of rotatable bonds is 8. The summed E-state index contributed by atoms with van der Waals surface area (Å²) >= 11 is 0. The second-order valence-corrected chi connectivity index (χ2v) is 18.2. The van der Waals surface area contributed by atoms with Crippen molar-refractivity contribution in [2.75, 3.05) is 0 Å². The molecule has 0 saturated heterocycles. The van der Waals surface area contributed by atoms with Crippen LogP contribution in [0.15, 0.2) is 218 Å². The summed E-state index contributed by atoms with van der Waals surface area (Å²) in [6.45, 7) is 17.5. The van der Waals surface area contributed by atoms with Gasteiger partial charge in [-0.05, 0) is 93.0 Å². The van der Waals surface area contributed by atoms with Crippen LogP contribution >= 0.6 is 27.0 Å². The second-order valence-electron chi connectivity index (χ2n) is 18.2. The van der Waals surface area contributed by atoms with E-state index in [0.717, 1.165) is 0 Å². The molecule has 0 amide bonds. The van der Waals surface area contributed by atoms with Gasteiger partial charge < -0.3 is 20.4 Å². The smallest absolute Gasteiger partial charge is 0.115 e. The van der Waals surface area contributed by atoms with E-state index in [9.17, 15) is 20.4 Å². The first-order valence-electron chi connectivity index (χ1n) is 21.8. The van der Waals surface area contributed by atoms with E-state index < -0.39 is 0 Å². The number of aromatic hydroxyl groups is 4. The SMILES string of the molecule is CC(C)(c1ccccc1)c1ccc(O)cc1.CC(C)(c1ccccc1)c1ccc(O)cc1.CC(C)(c1ccccc1)c1ccc(O)cc1.CC(C)(c1ccccc1)c1ccc(O)cc1.S.S. The van der Waals surface area contributed by atoms with Gasteiger partial charge in [-0.2, -0.15) is 27.0 Å². The highest BCUT2D eigenvalue weighted by Gasteiger charge is 2.25. The highest BCUT2D eigenvalue weighted by atomic mass is 32.1. The van der Waals surface area contributed by atoms with Crippen LogP contribution in [0.2, 0.25) is 0 Å². The molecule has 0 bridgehead atoms. The maximum absolute atomic E-state index is 9.29. The minimum Gasteiger partial charge on any atom is -0.508 e. The summed E-state index contributed by atoms with van der Waals surface area (Å²) in [6, 6.07) is 71.3. The Bertz CT molecular complexity index is 2200. The van der Waals surface area contributed by atoms with Gasteiger partial charge in [0, 0.05) is 21.7 Å². The predicted octanol–water partition coefficient (Wildman–Crippen LogP) is 15.1. The molecule has 4 nitrogen and oxygen atoms in total. The molecule has 4 N–H and O–H groups in total. The lowest BCUT2D eigenvalue weighted by Crippen LogP contribution is -2.18. The minimum absolute atomic E-state index is 0. The van der Waals surface area contributed by atoms with Gasteiger partial charge in [0.05, 0.1) is 0 Å². The van der Waals surface area contributed by atoms with E-state index in [0.29, 0.717) is 23.0 Å². The summed E-state index contributed by atoms with van der Waals surface area (Å²) in [4.78, 5) is 0. The molecule has 8 aromatic carbocycles. The Morgan fingerprint density at radius 2 is 0.318 bits per heavy atom. The fourth-order valence-corrected chi connectivity index (χ4v) is 7.60. The molecule has 8 aromatic rings. The first kappa shape index (κ1) is 54.0.